The zero-order valence-electron chi connectivity index (χ0n) is 25.0. The third-order valence-corrected chi connectivity index (χ3v) is 10.2. The average Bonchev–Trinajstić information content (AvgIpc) is 3.40. The molecule has 214 valence electrons. The number of nitrogens with zero attached hydrogens (tertiary/aromatic N) is 1. The Labute approximate surface area is 254 Å². The predicted molar refractivity (Wildman–Crippen MR) is 177 cm³/mol. The summed E-state index contributed by atoms with van der Waals surface area (Å²) in [5.41, 5.74) is 9.51. The van der Waals surface area contributed by atoms with Crippen molar-refractivity contribution in [2.24, 2.45) is 0 Å². The average molecular weight is 564 g/mol. The van der Waals surface area contributed by atoms with E-state index in [1.54, 1.807) is 0 Å². The van der Waals surface area contributed by atoms with Crippen molar-refractivity contribution in [1.29, 1.82) is 0 Å². The van der Waals surface area contributed by atoms with Gasteiger partial charge < -0.3 is 14.4 Å². The van der Waals surface area contributed by atoms with Crippen LogP contribution in [0.1, 0.15) is 54.5 Å². The normalized spacial score (nSPS) is 17.7. The van der Waals surface area contributed by atoms with Crippen molar-refractivity contribution in [1.82, 2.24) is 0 Å². The summed E-state index contributed by atoms with van der Waals surface area (Å²) in [5, 5.41) is 2.45. The van der Waals surface area contributed by atoms with Crippen molar-refractivity contribution in [3.63, 3.8) is 0 Å². The van der Waals surface area contributed by atoms with E-state index < -0.39 is 5.60 Å². The van der Waals surface area contributed by atoms with Gasteiger partial charge in [-0.2, -0.15) is 0 Å². The SMILES string of the molecule is CCC1(CC)c2ccccc2-c2c1c1c(c3cc(N4CCOCC4)ccc23)OC(c2ccccc2)(c2ccccc2)C=C1. The summed E-state index contributed by atoms with van der Waals surface area (Å²) >= 11 is 0. The van der Waals surface area contributed by atoms with Gasteiger partial charge in [0.15, 0.2) is 5.60 Å². The number of ether oxygens (including phenoxy) is 2. The fourth-order valence-electron chi connectivity index (χ4n) is 8.01. The largest absolute Gasteiger partial charge is 0.472 e. The zero-order chi connectivity index (χ0) is 29.0. The number of anilines is 1. The molecule has 1 aliphatic carbocycles. The molecule has 2 heterocycles. The van der Waals surface area contributed by atoms with Gasteiger partial charge in [0.05, 0.1) is 13.2 Å². The molecule has 8 rings (SSSR count). The van der Waals surface area contributed by atoms with Gasteiger partial charge in [0, 0.05) is 46.3 Å². The van der Waals surface area contributed by atoms with E-state index in [2.05, 4.69) is 134 Å². The molecule has 0 spiro atoms. The summed E-state index contributed by atoms with van der Waals surface area (Å²) in [6.07, 6.45) is 6.75. The molecule has 0 amide bonds. The Morgan fingerprint density at radius 3 is 2.05 bits per heavy atom. The minimum Gasteiger partial charge on any atom is -0.472 e. The maximum atomic E-state index is 7.52. The first-order valence-corrected chi connectivity index (χ1v) is 15.8. The molecule has 0 saturated carbocycles. The van der Waals surface area contributed by atoms with Crippen LogP contribution < -0.4 is 9.64 Å². The topological polar surface area (TPSA) is 21.7 Å². The maximum absolute atomic E-state index is 7.52. The highest BCUT2D eigenvalue weighted by molar-refractivity contribution is 6.09. The minimum absolute atomic E-state index is 0.0692. The second-order valence-corrected chi connectivity index (χ2v) is 12.1. The molecular weight excluding hydrogens is 526 g/mol. The van der Waals surface area contributed by atoms with Crippen LogP contribution in [0.15, 0.2) is 109 Å². The first kappa shape index (κ1) is 26.3. The lowest BCUT2D eigenvalue weighted by molar-refractivity contribution is 0.122. The third-order valence-electron chi connectivity index (χ3n) is 10.2. The van der Waals surface area contributed by atoms with Gasteiger partial charge in [-0.15, -0.1) is 0 Å². The van der Waals surface area contributed by atoms with Crippen LogP contribution in [0.4, 0.5) is 5.69 Å². The van der Waals surface area contributed by atoms with E-state index in [9.17, 15) is 0 Å². The van der Waals surface area contributed by atoms with Gasteiger partial charge in [0.1, 0.15) is 5.75 Å². The van der Waals surface area contributed by atoms with E-state index in [-0.39, 0.29) is 5.41 Å². The van der Waals surface area contributed by atoms with Crippen LogP contribution in [-0.2, 0) is 15.8 Å². The number of hydrogen-bond acceptors (Lipinski definition) is 3. The molecule has 3 aliphatic rings. The monoisotopic (exact) mass is 563 g/mol. The minimum atomic E-state index is -0.738. The van der Waals surface area contributed by atoms with Crippen molar-refractivity contribution < 1.29 is 9.47 Å². The Kier molecular flexibility index (Phi) is 6.20. The molecule has 5 aromatic carbocycles. The molecule has 0 bridgehead atoms. The van der Waals surface area contributed by atoms with Crippen LogP contribution in [0, 0.1) is 0 Å². The molecule has 0 N–H and O–H groups in total. The molecule has 5 aromatic rings. The Balaban J connectivity index is 1.46. The first-order chi connectivity index (χ1) is 21.2. The molecule has 1 saturated heterocycles. The standard InChI is InChI=1S/C40H37NO2/c1-3-39(4-2)35-18-12-11-17-32(35)36-31-20-19-30(41-23-25-42-26-24-41)27-34(31)38-33(37(36)39)21-22-40(43-38,28-13-7-5-8-14-28)29-15-9-6-10-16-29/h5-22,27H,3-4,23-26H2,1-2H3. The third kappa shape index (κ3) is 3.77. The quantitative estimate of drug-likeness (QED) is 0.213. The summed E-state index contributed by atoms with van der Waals surface area (Å²) in [6.45, 7) is 8.00. The second-order valence-electron chi connectivity index (χ2n) is 12.1. The molecule has 1 fully saturated rings. The number of fused-ring (bicyclic) bond motifs is 8. The van der Waals surface area contributed by atoms with Gasteiger partial charge >= 0.3 is 0 Å². The highest BCUT2D eigenvalue weighted by Crippen LogP contribution is 2.60. The highest BCUT2D eigenvalue weighted by Gasteiger charge is 2.46. The fraction of sp³-hybridized carbons (Fsp3) is 0.250. The van der Waals surface area contributed by atoms with Crippen molar-refractivity contribution >= 4 is 22.5 Å². The lowest BCUT2D eigenvalue weighted by Gasteiger charge is -2.39. The van der Waals surface area contributed by atoms with Crippen LogP contribution in [0.25, 0.3) is 28.0 Å². The molecule has 2 aliphatic heterocycles. The number of hydrogen-bond donors (Lipinski definition) is 0. The van der Waals surface area contributed by atoms with Crippen molar-refractivity contribution in [3.8, 4) is 16.9 Å². The molecular formula is C40H37NO2. The molecule has 0 atom stereocenters. The first-order valence-electron chi connectivity index (χ1n) is 15.8. The number of morpholine rings is 1. The van der Waals surface area contributed by atoms with E-state index in [4.69, 9.17) is 9.47 Å². The van der Waals surface area contributed by atoms with E-state index >= 15 is 0 Å². The molecule has 3 heteroatoms. The van der Waals surface area contributed by atoms with Gasteiger partial charge in [-0.05, 0) is 58.7 Å². The Bertz CT molecular complexity index is 1810. The summed E-state index contributed by atoms with van der Waals surface area (Å²) in [4.78, 5) is 2.44. The molecule has 0 unspecified atom stereocenters. The van der Waals surface area contributed by atoms with Crippen LogP contribution >= 0.6 is 0 Å². The van der Waals surface area contributed by atoms with Crippen LogP contribution in [0.2, 0.25) is 0 Å². The summed E-state index contributed by atoms with van der Waals surface area (Å²) in [6, 6.07) is 37.5. The van der Waals surface area contributed by atoms with Gasteiger partial charge in [-0.1, -0.05) is 111 Å². The number of rotatable bonds is 5. The van der Waals surface area contributed by atoms with Gasteiger partial charge in [-0.25, -0.2) is 0 Å². The molecule has 0 radical (unpaired) electrons. The van der Waals surface area contributed by atoms with E-state index in [0.717, 1.165) is 56.0 Å². The second kappa shape index (κ2) is 10.1. The van der Waals surface area contributed by atoms with Gasteiger partial charge in [0.2, 0.25) is 0 Å². The van der Waals surface area contributed by atoms with Gasteiger partial charge in [-0.3, -0.25) is 0 Å². The van der Waals surface area contributed by atoms with E-state index in [1.165, 1.54) is 44.3 Å². The molecule has 3 nitrogen and oxygen atoms in total. The summed E-state index contributed by atoms with van der Waals surface area (Å²) in [5.74, 6) is 0.984. The molecule has 43 heavy (non-hydrogen) atoms. The fourth-order valence-corrected chi connectivity index (χ4v) is 8.01. The highest BCUT2D eigenvalue weighted by atomic mass is 16.5. The zero-order valence-corrected chi connectivity index (χ0v) is 25.0. The van der Waals surface area contributed by atoms with Gasteiger partial charge in [0.25, 0.3) is 0 Å². The Morgan fingerprint density at radius 1 is 0.721 bits per heavy atom. The summed E-state index contributed by atoms with van der Waals surface area (Å²) in [7, 11) is 0. The van der Waals surface area contributed by atoms with Crippen molar-refractivity contribution in [2.45, 2.75) is 37.7 Å². The van der Waals surface area contributed by atoms with E-state index in [1.807, 2.05) is 0 Å². The van der Waals surface area contributed by atoms with Crippen LogP contribution in [0.3, 0.4) is 0 Å². The lowest BCUT2D eigenvalue weighted by Crippen LogP contribution is -2.36. The molecule has 0 aromatic heterocycles. The lowest BCUT2D eigenvalue weighted by atomic mass is 9.71. The predicted octanol–water partition coefficient (Wildman–Crippen LogP) is 9.11. The van der Waals surface area contributed by atoms with Crippen molar-refractivity contribution in [2.75, 3.05) is 31.2 Å². The summed E-state index contributed by atoms with van der Waals surface area (Å²) < 4.78 is 13.2. The number of benzene rings is 5. The van der Waals surface area contributed by atoms with Crippen molar-refractivity contribution in [3.05, 3.63) is 137 Å². The smallest absolute Gasteiger partial charge is 0.178 e. The van der Waals surface area contributed by atoms with Crippen LogP contribution in [0.5, 0.6) is 5.75 Å². The Hall–Kier alpha value is -4.34. The maximum Gasteiger partial charge on any atom is 0.178 e. The Morgan fingerprint density at radius 2 is 1.37 bits per heavy atom. The van der Waals surface area contributed by atoms with Crippen LogP contribution in [-0.4, -0.2) is 26.3 Å². The van der Waals surface area contributed by atoms with E-state index in [0.29, 0.717) is 0 Å².